The van der Waals surface area contributed by atoms with Gasteiger partial charge in [0.1, 0.15) is 18.4 Å². The molecule has 0 spiro atoms. The first-order valence-electron chi connectivity index (χ1n) is 28.8. The minimum Gasteiger partial charge on any atom is -1.00 e. The van der Waals surface area contributed by atoms with Crippen LogP contribution >= 0.6 is 0 Å². The fourth-order valence-electron chi connectivity index (χ4n) is 8.53. The van der Waals surface area contributed by atoms with Crippen molar-refractivity contribution in [2.75, 3.05) is 20.4 Å². The Kier molecular flexibility index (Phi) is 32.2. The normalized spacial score (nSPS) is 12.0. The average molecular weight is 1370 g/mol. The van der Waals surface area contributed by atoms with E-state index in [0.29, 0.717) is 76.5 Å². The average Bonchev–Trinajstić information content (AvgIpc) is 1.20. The number of fused-ring (bicyclic) bond motifs is 3. The van der Waals surface area contributed by atoms with Gasteiger partial charge in [-0.25, -0.2) is 11.4 Å². The van der Waals surface area contributed by atoms with E-state index in [1.807, 2.05) is 66.7 Å². The van der Waals surface area contributed by atoms with Crippen LogP contribution in [0.3, 0.4) is 0 Å². The molecule has 507 valence electrons. The maximum atomic E-state index is 13.6. The van der Waals surface area contributed by atoms with Gasteiger partial charge in [0, 0.05) is 127 Å². The number of alkyl halides is 6. The van der Waals surface area contributed by atoms with Gasteiger partial charge in [0.2, 0.25) is 38.7 Å². The number of halogens is 6. The molecule has 0 aliphatic carbocycles. The molecule has 2 unspecified atom stereocenters. The van der Waals surface area contributed by atoms with Gasteiger partial charge in [-0.2, -0.15) is 26.3 Å². The van der Waals surface area contributed by atoms with Crippen molar-refractivity contribution in [3.63, 3.8) is 0 Å². The van der Waals surface area contributed by atoms with Gasteiger partial charge in [0.15, 0.2) is 34.5 Å². The van der Waals surface area contributed by atoms with Gasteiger partial charge >= 0.3 is 53.8 Å². The van der Waals surface area contributed by atoms with Crippen LogP contribution in [0.25, 0.3) is 4.85 Å². The summed E-state index contributed by atoms with van der Waals surface area (Å²) in [6.45, 7) is 8.44. The molecule has 12 rings (SSSR count). The zero-order valence-corrected chi connectivity index (χ0v) is 54.6. The molecule has 0 saturated heterocycles. The van der Waals surface area contributed by atoms with E-state index in [1.54, 1.807) is 79.9 Å². The predicted octanol–water partition coefficient (Wildman–Crippen LogP) is 6.14. The number of nitrogens with zero attached hydrogens (tertiary/aromatic N) is 8. The van der Waals surface area contributed by atoms with Crippen molar-refractivity contribution in [1.82, 2.24) is 50.8 Å². The third-order valence-electron chi connectivity index (χ3n) is 13.3. The van der Waals surface area contributed by atoms with E-state index >= 15 is 0 Å². The van der Waals surface area contributed by atoms with Gasteiger partial charge in [-0.3, -0.25) is 54.4 Å². The van der Waals surface area contributed by atoms with E-state index < -0.39 is 48.8 Å². The Morgan fingerprint density at radius 2 is 0.970 bits per heavy atom. The second kappa shape index (κ2) is 40.5. The number of pyridine rings is 6. The summed E-state index contributed by atoms with van der Waals surface area (Å²) >= 11 is 0. The molecule has 3 radical (unpaired) electrons. The van der Waals surface area contributed by atoms with E-state index in [4.69, 9.17) is 50.6 Å². The Morgan fingerprint density at radius 1 is 0.545 bits per heavy atom. The Bertz CT molecular complexity index is 4030. The van der Waals surface area contributed by atoms with Crippen LogP contribution in [0.15, 0.2) is 202 Å². The van der Waals surface area contributed by atoms with Gasteiger partial charge in [-0.15, -0.1) is 0 Å². The summed E-state index contributed by atoms with van der Waals surface area (Å²) in [6.07, 6.45) is 10.1. The number of aromatic nitrogens is 6. The Balaban J connectivity index is 0.000000284. The molecule has 9 heterocycles. The van der Waals surface area contributed by atoms with Crippen LogP contribution in [0.1, 0.15) is 68.4 Å². The van der Waals surface area contributed by atoms with Crippen LogP contribution in [-0.4, -0.2) is 111 Å². The van der Waals surface area contributed by atoms with Gasteiger partial charge in [0.05, 0.1) is 0 Å². The van der Waals surface area contributed by atoms with Crippen molar-refractivity contribution >= 4 is 38.4 Å². The molecule has 6 aromatic heterocycles. The molecule has 32 heteroatoms. The molecular formula is C67H61BF6N12NaO12. The first-order chi connectivity index (χ1) is 46.8. The number of aldehydes is 1. The third-order valence-corrected chi connectivity index (χ3v) is 13.3. The minimum absolute atomic E-state index is 0. The van der Waals surface area contributed by atoms with E-state index in [2.05, 4.69) is 50.7 Å². The summed E-state index contributed by atoms with van der Waals surface area (Å²) in [4.78, 5) is 85.3. The van der Waals surface area contributed by atoms with Crippen molar-refractivity contribution in [3.05, 3.63) is 263 Å². The van der Waals surface area contributed by atoms with Crippen LogP contribution in [-0.2, 0) is 58.4 Å². The van der Waals surface area contributed by atoms with Crippen LogP contribution in [0, 0.1) is 6.57 Å². The van der Waals surface area contributed by atoms with E-state index in [1.165, 1.54) is 55.1 Å². The number of nitrogens with one attached hydrogen (secondary N) is 3. The molecule has 3 aromatic carbocycles. The summed E-state index contributed by atoms with van der Waals surface area (Å²) in [5.41, 5.74) is 12.0. The smallest absolute Gasteiger partial charge is 1.00 e. The molecule has 0 fully saturated rings. The second-order valence-corrected chi connectivity index (χ2v) is 20.0. The van der Waals surface area contributed by atoms with Gasteiger partial charge in [-0.1, -0.05) is 30.3 Å². The Hall–Kier alpha value is -11.0. The monoisotopic (exact) mass is 1370 g/mol. The standard InChI is InChI=1S/C23H19F3N4O4.C21H20N4O3.C8H6O3.C7H6N2.C6H8N2.C2HF3O2.B.Na.H/c24-23(25,26)22(32)30(13-16-2-1-7-28-11-16)20(17-3-4-18-19(10-17)34-14-33-18)21(31)29-12-15-5-8-27-9-6-15;26-21(25-12-15-5-8-22-9-6-15)20(24-13-16-2-1-7-23-11-16)17-3-4-18-19(10-17)28-14-27-18;9-4-6-1-2-7-8(3-6)11-5-10-7;1-8-6-7-2-4-9-5-3-7;7-4-6-2-1-3-8-5-6;3-2(4,5)1(6)7;;;/h1-11,20H,12-14H2,(H,29,31);1-11,20,24H,12-14H2,(H,25,26);1-4H,5H2;2-5H,6H2;1-3,5H,4,7H2;(H,6,7);;;/q;;;;;;;+1;-1. The van der Waals surface area contributed by atoms with Crippen LogP contribution in [0.4, 0.5) is 26.3 Å². The van der Waals surface area contributed by atoms with Gasteiger partial charge in [0.25, 0.3) is 0 Å². The summed E-state index contributed by atoms with van der Waals surface area (Å²) in [5.74, 6) is -2.49. The number of carbonyl (C=O) groups is 5. The summed E-state index contributed by atoms with van der Waals surface area (Å²) in [5, 5.41) is 16.1. The first-order valence-corrected chi connectivity index (χ1v) is 28.8. The quantitative estimate of drug-likeness (QED) is 0.0296. The molecular weight excluding hydrogens is 1310 g/mol. The number of hydrogen-bond acceptors (Lipinski definition) is 19. The van der Waals surface area contributed by atoms with E-state index in [9.17, 15) is 45.5 Å². The Labute approximate surface area is 588 Å². The van der Waals surface area contributed by atoms with E-state index in [-0.39, 0.29) is 83.5 Å². The number of carbonyl (C=O) groups excluding carboxylic acids is 4. The molecule has 9 aromatic rings. The topological polar surface area (TPSA) is 308 Å². The Morgan fingerprint density at radius 3 is 1.40 bits per heavy atom. The molecule has 99 heavy (non-hydrogen) atoms. The number of nitrogens with two attached hydrogens (primary N) is 1. The predicted molar refractivity (Wildman–Crippen MR) is 340 cm³/mol. The van der Waals surface area contributed by atoms with Gasteiger partial charge < -0.3 is 61.1 Å². The van der Waals surface area contributed by atoms with Crippen molar-refractivity contribution in [1.29, 1.82) is 0 Å². The number of carboxylic acids is 1. The minimum atomic E-state index is -5.21. The van der Waals surface area contributed by atoms with Crippen molar-refractivity contribution in [3.8, 4) is 34.5 Å². The molecule has 2 atom stereocenters. The molecule has 3 amide bonds. The number of amides is 3. The second-order valence-electron chi connectivity index (χ2n) is 20.0. The molecule has 0 saturated carbocycles. The number of rotatable bonds is 17. The molecule has 24 nitrogen and oxygen atoms in total. The number of carboxylic acid groups (broad SMARTS) is 1. The number of ether oxygens (including phenoxy) is 6. The molecule has 0 bridgehead atoms. The SMILES string of the molecule is NCc1cccnc1.O=C(NCc1ccncc1)C(NCc1cccnc1)c1ccc2c(c1)OCO2.O=C(NCc1ccncc1)C(c1ccc2c(c1)OCO2)N(Cc1cccnc1)C(=O)C(F)(F)F.O=C(O)C(F)(F)F.O=Cc1ccc2c(c1)OCO2.[B].[C-]#[N+]Cc1ccncc1.[H-].[Na+]. The van der Waals surface area contributed by atoms with Crippen LogP contribution < -0.4 is 79.7 Å². The number of hydrogen-bond donors (Lipinski definition) is 5. The maximum absolute atomic E-state index is 13.6. The van der Waals surface area contributed by atoms with Crippen LogP contribution in [0.5, 0.6) is 34.5 Å². The van der Waals surface area contributed by atoms with Crippen LogP contribution in [0.2, 0.25) is 0 Å². The summed E-state index contributed by atoms with van der Waals surface area (Å²) in [6, 6.07) is 34.3. The zero-order chi connectivity index (χ0) is 69.4. The molecule has 3 aliphatic rings. The summed E-state index contributed by atoms with van der Waals surface area (Å²) in [7, 11) is 0. The number of aliphatic carboxylic acids is 1. The van der Waals surface area contributed by atoms with Crippen molar-refractivity contribution in [2.45, 2.75) is 63.7 Å². The fourth-order valence-corrected chi connectivity index (χ4v) is 8.53. The molecule has 3 aliphatic heterocycles. The van der Waals surface area contributed by atoms with Gasteiger partial charge in [-0.05, 0) is 136 Å². The fraction of sp³-hybridized carbons (Fsp3) is 0.194. The number of benzene rings is 3. The maximum Gasteiger partial charge on any atom is 1.00 e. The zero-order valence-electron chi connectivity index (χ0n) is 53.6. The van der Waals surface area contributed by atoms with Crippen molar-refractivity contribution in [2.24, 2.45) is 5.73 Å². The first kappa shape index (κ1) is 78.7. The summed E-state index contributed by atoms with van der Waals surface area (Å²) < 4.78 is 104. The van der Waals surface area contributed by atoms with Crippen molar-refractivity contribution < 1.29 is 115 Å². The largest absolute Gasteiger partial charge is 1.00 e. The third kappa shape index (κ3) is 25.8. The molecule has 6 N–H and O–H groups in total. The van der Waals surface area contributed by atoms with E-state index in [0.717, 1.165) is 34.1 Å².